The van der Waals surface area contributed by atoms with E-state index in [0.717, 1.165) is 17.8 Å². The average molecular weight is 479 g/mol. The van der Waals surface area contributed by atoms with Gasteiger partial charge < -0.3 is 0 Å². The van der Waals surface area contributed by atoms with Crippen molar-refractivity contribution in [3.8, 4) is 11.4 Å². The summed E-state index contributed by atoms with van der Waals surface area (Å²) in [6, 6.07) is 8.93. The highest BCUT2D eigenvalue weighted by atomic mass is 14.9. The topological polar surface area (TPSA) is 25.8 Å². The molecule has 2 aromatic rings. The molecule has 1 aromatic carbocycles. The zero-order valence-corrected chi connectivity index (χ0v) is 23.2. The summed E-state index contributed by atoms with van der Waals surface area (Å²) in [6.45, 7) is 4.57. The fraction of sp³-hybridized carbons (Fsp3) is 0.697. The summed E-state index contributed by atoms with van der Waals surface area (Å²) in [6.07, 6.45) is 32.7. The Hall–Kier alpha value is -1.70. The van der Waals surface area contributed by atoms with Gasteiger partial charge in [0.1, 0.15) is 0 Å². The molecule has 1 aromatic heterocycles. The van der Waals surface area contributed by atoms with E-state index in [2.05, 4.69) is 48.1 Å². The van der Waals surface area contributed by atoms with Crippen molar-refractivity contribution in [2.45, 2.75) is 149 Å². The third-order valence-electron chi connectivity index (χ3n) is 7.31. The molecular formula is C33H54N2. The largest absolute Gasteiger partial charge is 0.236 e. The van der Waals surface area contributed by atoms with Gasteiger partial charge in [-0.15, -0.1) is 0 Å². The minimum absolute atomic E-state index is 0.853. The predicted molar refractivity (Wildman–Crippen MR) is 154 cm³/mol. The van der Waals surface area contributed by atoms with Gasteiger partial charge in [0, 0.05) is 18.0 Å². The van der Waals surface area contributed by atoms with Crippen LogP contribution in [0.3, 0.4) is 0 Å². The molecule has 0 amide bonds. The van der Waals surface area contributed by atoms with E-state index in [4.69, 9.17) is 0 Å². The molecule has 0 unspecified atom stereocenters. The van der Waals surface area contributed by atoms with Gasteiger partial charge in [-0.05, 0) is 36.8 Å². The van der Waals surface area contributed by atoms with Crippen molar-refractivity contribution < 1.29 is 0 Å². The zero-order valence-electron chi connectivity index (χ0n) is 23.2. The van der Waals surface area contributed by atoms with E-state index < -0.39 is 0 Å². The molecular weight excluding hydrogens is 424 g/mol. The smallest absolute Gasteiger partial charge is 0.159 e. The molecule has 0 aliphatic carbocycles. The van der Waals surface area contributed by atoms with E-state index in [0.29, 0.717) is 0 Å². The highest BCUT2D eigenvalue weighted by Gasteiger charge is 2.03. The van der Waals surface area contributed by atoms with Crippen molar-refractivity contribution in [2.75, 3.05) is 0 Å². The normalized spacial score (nSPS) is 11.3. The molecule has 35 heavy (non-hydrogen) atoms. The number of aryl methyl sites for hydroxylation is 2. The van der Waals surface area contributed by atoms with Crippen LogP contribution in [0.15, 0.2) is 36.7 Å². The van der Waals surface area contributed by atoms with Crippen LogP contribution in [0.5, 0.6) is 0 Å². The first-order valence-electron chi connectivity index (χ1n) is 15.2. The molecule has 0 saturated heterocycles. The van der Waals surface area contributed by atoms with Crippen LogP contribution in [0.25, 0.3) is 11.4 Å². The van der Waals surface area contributed by atoms with Gasteiger partial charge in [-0.25, -0.2) is 9.97 Å². The lowest BCUT2D eigenvalue weighted by atomic mass is 10.0. The SMILES string of the molecule is CCCCCCCCCCCCCc1ccc(-c2ncc(CCCCCCCCCC)cn2)cc1. The number of unbranched alkanes of at least 4 members (excludes halogenated alkanes) is 17. The second kappa shape index (κ2) is 20.5. The van der Waals surface area contributed by atoms with E-state index in [-0.39, 0.29) is 0 Å². The maximum atomic E-state index is 4.65. The van der Waals surface area contributed by atoms with Crippen LogP contribution in [0.4, 0.5) is 0 Å². The number of benzene rings is 1. The molecule has 0 fully saturated rings. The standard InChI is InChI=1S/C33H54N2/c1-3-5-7-9-11-13-14-15-17-18-20-22-30-24-26-32(27-25-30)33-34-28-31(29-35-33)23-21-19-16-12-10-8-6-4-2/h24-29H,3-23H2,1-2H3. The third-order valence-corrected chi connectivity index (χ3v) is 7.31. The summed E-state index contributed by atoms with van der Waals surface area (Å²) >= 11 is 0. The Labute approximate surface area is 217 Å². The number of hydrogen-bond donors (Lipinski definition) is 0. The lowest BCUT2D eigenvalue weighted by Gasteiger charge is -2.06. The highest BCUT2D eigenvalue weighted by molar-refractivity contribution is 5.55. The lowest BCUT2D eigenvalue weighted by Crippen LogP contribution is -1.94. The Balaban J connectivity index is 1.54. The molecule has 0 atom stereocenters. The summed E-state index contributed by atoms with van der Waals surface area (Å²) in [5.41, 5.74) is 3.84. The van der Waals surface area contributed by atoms with Gasteiger partial charge in [0.15, 0.2) is 5.82 Å². The molecule has 0 N–H and O–H groups in total. The molecule has 0 saturated carbocycles. The van der Waals surface area contributed by atoms with Gasteiger partial charge in [0.25, 0.3) is 0 Å². The van der Waals surface area contributed by atoms with E-state index in [1.807, 2.05) is 12.4 Å². The van der Waals surface area contributed by atoms with Crippen LogP contribution < -0.4 is 0 Å². The summed E-state index contributed by atoms with van der Waals surface area (Å²) < 4.78 is 0. The van der Waals surface area contributed by atoms with Crippen molar-refractivity contribution in [3.05, 3.63) is 47.8 Å². The zero-order chi connectivity index (χ0) is 24.8. The molecule has 2 nitrogen and oxygen atoms in total. The number of nitrogens with zero attached hydrogens (tertiary/aromatic N) is 2. The maximum Gasteiger partial charge on any atom is 0.159 e. The first kappa shape index (κ1) is 29.5. The Kier molecular flexibility index (Phi) is 17.3. The van der Waals surface area contributed by atoms with Crippen molar-refractivity contribution in [3.63, 3.8) is 0 Å². The van der Waals surface area contributed by atoms with Crippen molar-refractivity contribution in [1.29, 1.82) is 0 Å². The molecule has 1 heterocycles. The number of hydrogen-bond acceptors (Lipinski definition) is 2. The van der Waals surface area contributed by atoms with Gasteiger partial charge in [-0.2, -0.15) is 0 Å². The quantitative estimate of drug-likeness (QED) is 0.157. The molecule has 0 spiro atoms. The van der Waals surface area contributed by atoms with Gasteiger partial charge in [0.2, 0.25) is 0 Å². The second-order valence-corrected chi connectivity index (χ2v) is 10.6. The molecule has 0 bridgehead atoms. The van der Waals surface area contributed by atoms with Crippen LogP contribution in [0.2, 0.25) is 0 Å². The number of rotatable bonds is 22. The Bertz CT molecular complexity index is 720. The van der Waals surface area contributed by atoms with Gasteiger partial charge in [-0.1, -0.05) is 147 Å². The molecule has 0 aliphatic rings. The first-order valence-corrected chi connectivity index (χ1v) is 15.2. The Morgan fingerprint density at radius 2 is 0.800 bits per heavy atom. The van der Waals surface area contributed by atoms with E-state index >= 15 is 0 Å². The summed E-state index contributed by atoms with van der Waals surface area (Å²) in [5.74, 6) is 0.853. The fourth-order valence-corrected chi connectivity index (χ4v) is 4.91. The Morgan fingerprint density at radius 1 is 0.429 bits per heavy atom. The van der Waals surface area contributed by atoms with E-state index in [1.54, 1.807) is 0 Å². The van der Waals surface area contributed by atoms with Crippen LogP contribution in [-0.4, -0.2) is 9.97 Å². The average Bonchev–Trinajstić information content (AvgIpc) is 2.89. The second-order valence-electron chi connectivity index (χ2n) is 10.6. The summed E-state index contributed by atoms with van der Waals surface area (Å²) in [5, 5.41) is 0. The minimum Gasteiger partial charge on any atom is -0.236 e. The number of aromatic nitrogens is 2. The fourth-order valence-electron chi connectivity index (χ4n) is 4.91. The van der Waals surface area contributed by atoms with Crippen molar-refractivity contribution in [2.24, 2.45) is 0 Å². The molecule has 2 heteroatoms. The monoisotopic (exact) mass is 478 g/mol. The maximum absolute atomic E-state index is 4.65. The minimum atomic E-state index is 0.853. The van der Waals surface area contributed by atoms with Gasteiger partial charge >= 0.3 is 0 Å². The third kappa shape index (κ3) is 14.5. The van der Waals surface area contributed by atoms with Gasteiger partial charge in [0.05, 0.1) is 0 Å². The molecule has 2 rings (SSSR count). The van der Waals surface area contributed by atoms with Gasteiger partial charge in [-0.3, -0.25) is 0 Å². The molecule has 0 aliphatic heterocycles. The van der Waals surface area contributed by atoms with Crippen molar-refractivity contribution >= 4 is 0 Å². The van der Waals surface area contributed by atoms with E-state index in [1.165, 1.54) is 140 Å². The summed E-state index contributed by atoms with van der Waals surface area (Å²) in [7, 11) is 0. The van der Waals surface area contributed by atoms with Crippen LogP contribution in [0.1, 0.15) is 147 Å². The van der Waals surface area contributed by atoms with Crippen LogP contribution in [0, 0.1) is 0 Å². The first-order chi connectivity index (χ1) is 17.3. The highest BCUT2D eigenvalue weighted by Crippen LogP contribution is 2.18. The molecule has 0 radical (unpaired) electrons. The van der Waals surface area contributed by atoms with Crippen LogP contribution >= 0.6 is 0 Å². The molecule has 196 valence electrons. The Morgan fingerprint density at radius 3 is 1.23 bits per heavy atom. The predicted octanol–water partition coefficient (Wildman–Crippen LogP) is 10.7. The van der Waals surface area contributed by atoms with E-state index in [9.17, 15) is 0 Å². The lowest BCUT2D eigenvalue weighted by molar-refractivity contribution is 0.549. The summed E-state index contributed by atoms with van der Waals surface area (Å²) in [4.78, 5) is 9.30. The van der Waals surface area contributed by atoms with Crippen LogP contribution in [-0.2, 0) is 12.8 Å². The van der Waals surface area contributed by atoms with Crippen molar-refractivity contribution in [1.82, 2.24) is 9.97 Å².